The zero-order chi connectivity index (χ0) is 16.5. The summed E-state index contributed by atoms with van der Waals surface area (Å²) in [5, 5.41) is 11.1. The quantitative estimate of drug-likeness (QED) is 0.772. The van der Waals surface area contributed by atoms with Crippen molar-refractivity contribution in [3.8, 4) is 11.5 Å². The van der Waals surface area contributed by atoms with Crippen molar-refractivity contribution >= 4 is 0 Å². The van der Waals surface area contributed by atoms with Crippen LogP contribution in [-0.2, 0) is 6.54 Å². The van der Waals surface area contributed by atoms with Crippen molar-refractivity contribution in [1.29, 1.82) is 0 Å². The monoisotopic (exact) mass is 327 g/mol. The molecule has 1 atom stereocenters. The Morgan fingerprint density at radius 1 is 1.33 bits per heavy atom. The van der Waals surface area contributed by atoms with Gasteiger partial charge in [-0.1, -0.05) is 19.0 Å². The van der Waals surface area contributed by atoms with Crippen LogP contribution >= 0.6 is 0 Å². The summed E-state index contributed by atoms with van der Waals surface area (Å²) in [6.45, 7) is 5.87. The van der Waals surface area contributed by atoms with Crippen molar-refractivity contribution in [3.63, 3.8) is 0 Å². The van der Waals surface area contributed by atoms with Crippen LogP contribution in [0.5, 0.6) is 0 Å². The fourth-order valence-corrected chi connectivity index (χ4v) is 3.13. The molecule has 0 amide bonds. The van der Waals surface area contributed by atoms with E-state index < -0.39 is 0 Å². The number of hydrogen-bond acceptors (Lipinski definition) is 6. The molecule has 3 aromatic rings. The molecule has 0 spiro atoms. The van der Waals surface area contributed by atoms with Gasteiger partial charge in [0.2, 0.25) is 5.89 Å². The first-order valence-electron chi connectivity index (χ1n) is 8.36. The van der Waals surface area contributed by atoms with Gasteiger partial charge in [-0.05, 0) is 37.6 Å². The maximum Gasteiger partial charge on any atom is 0.229 e. The maximum absolute atomic E-state index is 5.94. The first-order chi connectivity index (χ1) is 11.7. The highest BCUT2D eigenvalue weighted by Gasteiger charge is 2.31. The van der Waals surface area contributed by atoms with Gasteiger partial charge in [0, 0.05) is 12.1 Å². The molecular formula is C17H21N5O2. The second-order valence-corrected chi connectivity index (χ2v) is 6.51. The van der Waals surface area contributed by atoms with Gasteiger partial charge in [-0.3, -0.25) is 10.00 Å². The topological polar surface area (TPSA) is 84.0 Å². The summed E-state index contributed by atoms with van der Waals surface area (Å²) in [7, 11) is 0. The van der Waals surface area contributed by atoms with E-state index >= 15 is 0 Å². The number of hydrogen-bond donors (Lipinski definition) is 1. The number of nitrogens with one attached hydrogen (secondary N) is 1. The lowest BCUT2D eigenvalue weighted by molar-refractivity contribution is 0.217. The van der Waals surface area contributed by atoms with Crippen LogP contribution in [-0.4, -0.2) is 31.8 Å². The van der Waals surface area contributed by atoms with E-state index in [1.807, 2.05) is 18.2 Å². The van der Waals surface area contributed by atoms with Crippen LogP contribution in [0.4, 0.5) is 0 Å². The van der Waals surface area contributed by atoms with E-state index in [-0.39, 0.29) is 12.0 Å². The Hall–Kier alpha value is -2.41. The third-order valence-corrected chi connectivity index (χ3v) is 4.40. The molecule has 7 heteroatoms. The van der Waals surface area contributed by atoms with Crippen molar-refractivity contribution in [2.45, 2.75) is 45.2 Å². The van der Waals surface area contributed by atoms with Crippen LogP contribution in [0.3, 0.4) is 0 Å². The van der Waals surface area contributed by atoms with E-state index in [0.29, 0.717) is 5.89 Å². The van der Waals surface area contributed by atoms with Gasteiger partial charge in [-0.25, -0.2) is 0 Å². The summed E-state index contributed by atoms with van der Waals surface area (Å²) >= 11 is 0. The van der Waals surface area contributed by atoms with Gasteiger partial charge >= 0.3 is 0 Å². The summed E-state index contributed by atoms with van der Waals surface area (Å²) in [6.07, 6.45) is 3.89. The second-order valence-electron chi connectivity index (χ2n) is 6.51. The van der Waals surface area contributed by atoms with Gasteiger partial charge in [0.15, 0.2) is 11.6 Å². The number of aromatic amines is 1. The minimum Gasteiger partial charge on any atom is -0.458 e. The number of nitrogens with zero attached hydrogens (tertiary/aromatic N) is 4. The van der Waals surface area contributed by atoms with Crippen molar-refractivity contribution in [2.75, 3.05) is 6.54 Å². The van der Waals surface area contributed by atoms with Crippen LogP contribution in [0.1, 0.15) is 56.1 Å². The van der Waals surface area contributed by atoms with Crippen molar-refractivity contribution in [1.82, 2.24) is 25.2 Å². The van der Waals surface area contributed by atoms with Gasteiger partial charge in [-0.2, -0.15) is 10.1 Å². The molecule has 24 heavy (non-hydrogen) atoms. The second kappa shape index (κ2) is 6.24. The molecular weight excluding hydrogens is 306 g/mol. The van der Waals surface area contributed by atoms with Gasteiger partial charge in [0.1, 0.15) is 11.5 Å². The molecule has 0 radical (unpaired) electrons. The highest BCUT2D eigenvalue weighted by molar-refractivity contribution is 5.51. The van der Waals surface area contributed by atoms with Crippen LogP contribution < -0.4 is 0 Å². The SMILES string of the molecule is CC(C)c1nc([C@H]2CCCN2Cc2ccc(-c3ccn[nH]3)o2)no1. The molecule has 0 aliphatic carbocycles. The Morgan fingerprint density at radius 2 is 2.25 bits per heavy atom. The fraction of sp³-hybridized carbons (Fsp3) is 0.471. The summed E-state index contributed by atoms with van der Waals surface area (Å²) in [5.41, 5.74) is 0.888. The van der Waals surface area contributed by atoms with Crippen molar-refractivity contribution in [3.05, 3.63) is 41.9 Å². The summed E-state index contributed by atoms with van der Waals surface area (Å²) in [4.78, 5) is 6.92. The highest BCUT2D eigenvalue weighted by Crippen LogP contribution is 2.33. The molecule has 1 N–H and O–H groups in total. The third-order valence-electron chi connectivity index (χ3n) is 4.40. The van der Waals surface area contributed by atoms with E-state index in [0.717, 1.165) is 49.0 Å². The van der Waals surface area contributed by atoms with Crippen LogP contribution in [0, 0.1) is 0 Å². The summed E-state index contributed by atoms with van der Waals surface area (Å²) < 4.78 is 11.3. The number of aromatic nitrogens is 4. The number of likely N-dealkylation sites (tertiary alicyclic amines) is 1. The summed E-state index contributed by atoms with van der Waals surface area (Å²) in [6, 6.07) is 6.08. The molecule has 0 aromatic carbocycles. The smallest absolute Gasteiger partial charge is 0.229 e. The average Bonchev–Trinajstić information content (AvgIpc) is 3.35. The van der Waals surface area contributed by atoms with Gasteiger partial charge in [0.25, 0.3) is 0 Å². The van der Waals surface area contributed by atoms with Crippen molar-refractivity contribution < 1.29 is 8.94 Å². The lowest BCUT2D eigenvalue weighted by Gasteiger charge is -2.20. The molecule has 3 aromatic heterocycles. The standard InChI is InChI=1S/C17H21N5O2/c1-11(2)17-19-16(21-24-17)14-4-3-9-22(14)10-12-5-6-15(23-12)13-7-8-18-20-13/h5-8,11,14H,3-4,9-10H2,1-2H3,(H,18,20)/t14-/m1/s1. The Balaban J connectivity index is 1.49. The summed E-state index contributed by atoms with van der Waals surface area (Å²) in [5.74, 6) is 3.48. The van der Waals surface area contributed by atoms with E-state index in [1.54, 1.807) is 6.20 Å². The van der Waals surface area contributed by atoms with Crippen molar-refractivity contribution in [2.24, 2.45) is 0 Å². The first-order valence-corrected chi connectivity index (χ1v) is 8.36. The Morgan fingerprint density at radius 3 is 3.00 bits per heavy atom. The number of rotatable bonds is 5. The van der Waals surface area contributed by atoms with Crippen LogP contribution in [0.25, 0.3) is 11.5 Å². The van der Waals surface area contributed by atoms with E-state index in [9.17, 15) is 0 Å². The fourth-order valence-electron chi connectivity index (χ4n) is 3.13. The van der Waals surface area contributed by atoms with Gasteiger partial charge < -0.3 is 8.94 Å². The number of furan rings is 1. The molecule has 126 valence electrons. The average molecular weight is 327 g/mol. The predicted octanol–water partition coefficient (Wildman–Crippen LogP) is 3.51. The molecule has 0 bridgehead atoms. The molecule has 4 rings (SSSR count). The predicted molar refractivity (Wildman–Crippen MR) is 87.1 cm³/mol. The minimum atomic E-state index is 0.196. The minimum absolute atomic E-state index is 0.196. The normalized spacial score (nSPS) is 18.7. The Bertz CT molecular complexity index is 790. The Labute approximate surface area is 140 Å². The number of H-pyrrole nitrogens is 1. The Kier molecular flexibility index (Phi) is 3.93. The van der Waals surface area contributed by atoms with Gasteiger partial charge in [-0.15, -0.1) is 0 Å². The zero-order valence-electron chi connectivity index (χ0n) is 13.9. The highest BCUT2D eigenvalue weighted by atomic mass is 16.5. The largest absolute Gasteiger partial charge is 0.458 e. The molecule has 1 aliphatic rings. The zero-order valence-corrected chi connectivity index (χ0v) is 13.9. The van der Waals surface area contributed by atoms with Crippen LogP contribution in [0.2, 0.25) is 0 Å². The lowest BCUT2D eigenvalue weighted by atomic mass is 10.2. The van der Waals surface area contributed by atoms with E-state index in [4.69, 9.17) is 8.94 Å². The van der Waals surface area contributed by atoms with E-state index in [1.165, 1.54) is 0 Å². The lowest BCUT2D eigenvalue weighted by Crippen LogP contribution is -2.23. The molecule has 0 unspecified atom stereocenters. The van der Waals surface area contributed by atoms with E-state index in [2.05, 4.69) is 39.1 Å². The molecule has 4 heterocycles. The molecule has 0 saturated carbocycles. The van der Waals surface area contributed by atoms with Crippen LogP contribution in [0.15, 0.2) is 33.3 Å². The molecule has 7 nitrogen and oxygen atoms in total. The van der Waals surface area contributed by atoms with Gasteiger partial charge in [0.05, 0.1) is 12.6 Å². The maximum atomic E-state index is 5.94. The third kappa shape index (κ3) is 2.87. The molecule has 1 saturated heterocycles. The molecule has 1 aliphatic heterocycles. The first kappa shape index (κ1) is 15.1. The molecule has 1 fully saturated rings.